The molecule has 0 saturated heterocycles. The van der Waals surface area contributed by atoms with Gasteiger partial charge in [-0.3, -0.25) is 0 Å². The minimum Gasteiger partial charge on any atom is -0.324 e. The summed E-state index contributed by atoms with van der Waals surface area (Å²) >= 11 is 0. The highest BCUT2D eigenvalue weighted by atomic mass is 32.3. The van der Waals surface area contributed by atoms with Crippen molar-refractivity contribution in [3.8, 4) is 5.69 Å². The molecule has 6 rings (SSSR count). The van der Waals surface area contributed by atoms with Crippen molar-refractivity contribution in [2.75, 3.05) is 21.5 Å². The second kappa shape index (κ2) is 9.03. The van der Waals surface area contributed by atoms with Crippen LogP contribution in [0.2, 0.25) is 0 Å². The number of hydrogen-bond acceptors (Lipinski definition) is 8. The maximum absolute atomic E-state index is 12.1. The van der Waals surface area contributed by atoms with Crippen LogP contribution in [0.15, 0.2) is 91.3 Å². The molecule has 6 aromatic rings. The Morgan fingerprint density at radius 1 is 0.744 bits per heavy atom. The van der Waals surface area contributed by atoms with E-state index in [0.29, 0.717) is 21.0 Å². The predicted octanol–water partition coefficient (Wildman–Crippen LogP) is 4.59. The van der Waals surface area contributed by atoms with Gasteiger partial charge in [-0.05, 0) is 46.5 Å². The molecule has 4 aromatic carbocycles. The van der Waals surface area contributed by atoms with Gasteiger partial charge in [-0.2, -0.15) is 13.8 Å². The molecule has 0 aliphatic carbocycles. The predicted molar refractivity (Wildman–Crippen MR) is 154 cm³/mol. The fourth-order valence-electron chi connectivity index (χ4n) is 4.69. The molecule has 0 aliphatic rings. The van der Waals surface area contributed by atoms with Crippen LogP contribution in [-0.2, 0) is 20.0 Å². The van der Waals surface area contributed by atoms with Gasteiger partial charge in [-0.1, -0.05) is 48.5 Å². The number of hydrogen-bond donors (Lipinski definition) is 1. The van der Waals surface area contributed by atoms with Crippen LogP contribution in [0.25, 0.3) is 38.3 Å². The lowest BCUT2D eigenvalue weighted by Crippen LogP contribution is -2.35. The van der Waals surface area contributed by atoms with Gasteiger partial charge in [0, 0.05) is 17.3 Å². The monoisotopic (exact) mass is 558 g/mol. The van der Waals surface area contributed by atoms with E-state index < -0.39 is 20.0 Å². The van der Waals surface area contributed by atoms with Gasteiger partial charge in [0.25, 0.3) is 0 Å². The van der Waals surface area contributed by atoms with Gasteiger partial charge in [0.1, 0.15) is 0 Å². The second-order valence-corrected chi connectivity index (χ2v) is 13.0. The van der Waals surface area contributed by atoms with Crippen molar-refractivity contribution in [1.82, 2.24) is 19.7 Å². The van der Waals surface area contributed by atoms with E-state index in [1.54, 1.807) is 29.2 Å². The zero-order valence-corrected chi connectivity index (χ0v) is 22.5. The summed E-state index contributed by atoms with van der Waals surface area (Å²) in [4.78, 5) is 9.09. The Balaban J connectivity index is 1.39. The molecule has 39 heavy (non-hydrogen) atoms. The van der Waals surface area contributed by atoms with E-state index >= 15 is 0 Å². The Kier molecular flexibility index (Phi) is 5.74. The van der Waals surface area contributed by atoms with Crippen molar-refractivity contribution < 1.29 is 16.8 Å². The molecule has 2 heterocycles. The van der Waals surface area contributed by atoms with Crippen molar-refractivity contribution in [2.24, 2.45) is 0 Å². The van der Waals surface area contributed by atoms with E-state index in [0.717, 1.165) is 45.1 Å². The molecule has 0 aliphatic heterocycles. The van der Waals surface area contributed by atoms with Crippen molar-refractivity contribution >= 4 is 69.9 Å². The first kappa shape index (κ1) is 24.8. The number of benzene rings is 4. The normalized spacial score (nSPS) is 12.3. The van der Waals surface area contributed by atoms with E-state index in [4.69, 9.17) is 4.98 Å². The van der Waals surface area contributed by atoms with Crippen molar-refractivity contribution in [1.29, 1.82) is 0 Å². The minimum absolute atomic E-state index is 0.00294. The standard InChI is InChI=1S/C27H22N6O4S2/c1-38(34,35)33(39(2,36)37)22-14-12-21(13-15-22)30-27-28-16-20-17-29-32(26(20)31-27)24-9-5-7-19-11-10-18-6-3-4-8-23(18)25(19)24/h3-17H,1-2H3,(H,28,30,31). The Hall–Kier alpha value is -4.55. The van der Waals surface area contributed by atoms with Gasteiger partial charge in [0.05, 0.1) is 35.5 Å². The Bertz CT molecular complexity index is 2080. The molecule has 0 radical (unpaired) electrons. The smallest absolute Gasteiger partial charge is 0.245 e. The summed E-state index contributed by atoms with van der Waals surface area (Å²) in [6, 6.07) is 24.3. The highest BCUT2D eigenvalue weighted by molar-refractivity contribution is 8.09. The third kappa shape index (κ3) is 4.53. The molecule has 12 heteroatoms. The molecular formula is C27H22N6O4S2. The summed E-state index contributed by atoms with van der Waals surface area (Å²) in [5, 5.41) is 12.8. The largest absolute Gasteiger partial charge is 0.324 e. The van der Waals surface area contributed by atoms with E-state index in [-0.39, 0.29) is 5.69 Å². The minimum atomic E-state index is -4.04. The lowest BCUT2D eigenvalue weighted by molar-refractivity contribution is 0.590. The molecule has 0 amide bonds. The zero-order valence-electron chi connectivity index (χ0n) is 20.8. The molecule has 0 bridgehead atoms. The molecule has 0 fully saturated rings. The average Bonchev–Trinajstić information content (AvgIpc) is 3.31. The highest BCUT2D eigenvalue weighted by Crippen LogP contribution is 2.32. The molecule has 2 aromatic heterocycles. The number of sulfonamides is 2. The first-order valence-corrected chi connectivity index (χ1v) is 15.5. The summed E-state index contributed by atoms with van der Waals surface area (Å²) < 4.78 is 50.4. The number of nitrogens with one attached hydrogen (secondary N) is 1. The van der Waals surface area contributed by atoms with Crippen molar-refractivity contribution in [3.63, 3.8) is 0 Å². The van der Waals surface area contributed by atoms with Crippen molar-refractivity contribution in [3.05, 3.63) is 91.3 Å². The number of rotatable bonds is 6. The van der Waals surface area contributed by atoms with Crippen LogP contribution in [-0.4, -0.2) is 49.1 Å². The van der Waals surface area contributed by atoms with Crippen LogP contribution in [0, 0.1) is 0 Å². The number of fused-ring (bicyclic) bond motifs is 4. The third-order valence-electron chi connectivity index (χ3n) is 6.22. The molecular weight excluding hydrogens is 536 g/mol. The second-order valence-electron chi connectivity index (χ2n) is 9.09. The number of aromatic nitrogens is 4. The van der Waals surface area contributed by atoms with E-state index in [1.807, 2.05) is 24.3 Å². The average molecular weight is 559 g/mol. The van der Waals surface area contributed by atoms with Crippen LogP contribution in [0.4, 0.5) is 17.3 Å². The SMILES string of the molecule is CS(=O)(=O)N(c1ccc(Nc2ncc3cnn(-c4cccc5ccc6ccccc6c45)c3n2)cc1)S(C)(=O)=O. The summed E-state index contributed by atoms with van der Waals surface area (Å²) in [5.74, 6) is 0.296. The summed E-state index contributed by atoms with van der Waals surface area (Å²) in [5.41, 5.74) is 2.03. The van der Waals surface area contributed by atoms with Gasteiger partial charge in [-0.15, -0.1) is 0 Å². The van der Waals surface area contributed by atoms with Crippen LogP contribution in [0.3, 0.4) is 0 Å². The molecule has 0 unspecified atom stereocenters. The number of anilines is 3. The molecule has 0 spiro atoms. The van der Waals surface area contributed by atoms with E-state index in [2.05, 4.69) is 45.7 Å². The fourth-order valence-corrected chi connectivity index (χ4v) is 7.67. The van der Waals surface area contributed by atoms with Gasteiger partial charge >= 0.3 is 0 Å². The van der Waals surface area contributed by atoms with Gasteiger partial charge < -0.3 is 5.32 Å². The van der Waals surface area contributed by atoms with Crippen molar-refractivity contribution in [2.45, 2.75) is 0 Å². The Morgan fingerprint density at radius 2 is 1.44 bits per heavy atom. The summed E-state index contributed by atoms with van der Waals surface area (Å²) in [7, 11) is -8.07. The molecule has 196 valence electrons. The summed E-state index contributed by atoms with van der Waals surface area (Å²) in [6.45, 7) is 0. The Morgan fingerprint density at radius 3 is 2.18 bits per heavy atom. The molecule has 10 nitrogen and oxygen atoms in total. The maximum atomic E-state index is 12.1. The van der Waals surface area contributed by atoms with E-state index in [9.17, 15) is 16.8 Å². The van der Waals surface area contributed by atoms with Gasteiger partial charge in [0.2, 0.25) is 26.0 Å². The van der Waals surface area contributed by atoms with Crippen LogP contribution >= 0.6 is 0 Å². The highest BCUT2D eigenvalue weighted by Gasteiger charge is 2.27. The third-order valence-corrected chi connectivity index (χ3v) is 9.47. The lowest BCUT2D eigenvalue weighted by atomic mass is 10.0. The van der Waals surface area contributed by atoms with Crippen LogP contribution < -0.4 is 9.03 Å². The van der Waals surface area contributed by atoms with Crippen LogP contribution in [0.5, 0.6) is 0 Å². The fraction of sp³-hybridized carbons (Fsp3) is 0.0741. The molecule has 1 N–H and O–H groups in total. The van der Waals surface area contributed by atoms with Crippen LogP contribution in [0.1, 0.15) is 0 Å². The lowest BCUT2D eigenvalue weighted by Gasteiger charge is -2.19. The first-order chi connectivity index (χ1) is 18.6. The quantitative estimate of drug-likeness (QED) is 0.294. The Labute approximate surface area is 224 Å². The van der Waals surface area contributed by atoms with Gasteiger partial charge in [-0.25, -0.2) is 26.5 Å². The molecule has 0 atom stereocenters. The topological polar surface area (TPSA) is 127 Å². The summed E-state index contributed by atoms with van der Waals surface area (Å²) in [6.07, 6.45) is 5.06. The molecule has 0 saturated carbocycles. The van der Waals surface area contributed by atoms with Gasteiger partial charge in [0.15, 0.2) is 5.65 Å². The first-order valence-electron chi connectivity index (χ1n) is 11.8. The number of nitrogens with zero attached hydrogens (tertiary/aromatic N) is 5. The zero-order chi connectivity index (χ0) is 27.4. The van der Waals surface area contributed by atoms with E-state index in [1.165, 1.54) is 12.1 Å². The maximum Gasteiger partial charge on any atom is 0.245 e.